The van der Waals surface area contributed by atoms with Crippen molar-refractivity contribution in [2.24, 2.45) is 16.0 Å². The van der Waals surface area contributed by atoms with Gasteiger partial charge in [-0.3, -0.25) is 19.9 Å². The molecule has 0 aliphatic carbocycles. The monoisotopic (exact) mass is 700 g/mol. The van der Waals surface area contributed by atoms with Crippen LogP contribution in [-0.2, 0) is 33.4 Å². The number of nitrogens with one attached hydrogen (secondary N) is 3. The number of carbonyl (C=O) groups excluding carboxylic acids is 4. The highest BCUT2D eigenvalue weighted by Crippen LogP contribution is 2.40. The predicted molar refractivity (Wildman–Crippen MR) is 165 cm³/mol. The zero-order chi connectivity index (χ0) is 34.1. The molecule has 0 aromatic carbocycles. The number of guanidine groups is 1. The molecular weight excluding hydrogens is 667 g/mol. The summed E-state index contributed by atoms with van der Waals surface area (Å²) < 4.78 is 31.5. The van der Waals surface area contributed by atoms with Crippen molar-refractivity contribution in [2.45, 2.75) is 24.6 Å². The molecule has 47 heavy (non-hydrogen) atoms. The Labute approximate surface area is 275 Å². The number of anilines is 1. The Morgan fingerprint density at radius 2 is 2.06 bits per heavy atom. The number of esters is 1. The summed E-state index contributed by atoms with van der Waals surface area (Å²) in [4.78, 5) is 63.0. The van der Waals surface area contributed by atoms with Crippen LogP contribution in [0.4, 0.5) is 14.3 Å². The van der Waals surface area contributed by atoms with Gasteiger partial charge in [0.25, 0.3) is 18.7 Å². The van der Waals surface area contributed by atoms with E-state index < -0.39 is 54.2 Å². The van der Waals surface area contributed by atoms with Crippen molar-refractivity contribution >= 4 is 70.3 Å². The van der Waals surface area contributed by atoms with Gasteiger partial charge in [0.05, 0.1) is 6.21 Å². The molecule has 1 aromatic heterocycles. The number of β-lactam (4-membered cyclic amide) rings is 1. The molecule has 3 unspecified atom stereocenters. The van der Waals surface area contributed by atoms with Crippen molar-refractivity contribution in [1.82, 2.24) is 34.8 Å². The first-order valence-electron chi connectivity index (χ1n) is 14.0. The Morgan fingerprint density at radius 3 is 2.72 bits per heavy atom. The smallest absolute Gasteiger partial charge is 0.433 e. The van der Waals surface area contributed by atoms with Crippen LogP contribution in [0, 0.1) is 5.41 Å². The van der Waals surface area contributed by atoms with Gasteiger partial charge in [0.1, 0.15) is 23.7 Å². The molecule has 0 radical (unpaired) electrons. The number of amides is 2. The lowest BCUT2D eigenvalue weighted by atomic mass is 10.0. The fourth-order valence-corrected chi connectivity index (χ4v) is 6.11. The van der Waals surface area contributed by atoms with Crippen LogP contribution in [-0.4, -0.2) is 143 Å². The lowest BCUT2D eigenvalue weighted by Gasteiger charge is -2.49. The lowest BCUT2D eigenvalue weighted by Crippen LogP contribution is -2.71. The van der Waals surface area contributed by atoms with E-state index in [4.69, 9.17) is 31.1 Å². The van der Waals surface area contributed by atoms with Crippen LogP contribution in [0.25, 0.3) is 0 Å². The second-order valence-corrected chi connectivity index (χ2v) is 11.6. The number of oxime groups is 1. The Bertz CT molecular complexity index is 1450. The van der Waals surface area contributed by atoms with Gasteiger partial charge >= 0.3 is 12.1 Å². The van der Waals surface area contributed by atoms with E-state index in [0.29, 0.717) is 26.2 Å². The minimum atomic E-state index is -1.42. The molecule has 0 bridgehead atoms. The molecule has 0 spiro atoms. The Kier molecular flexibility index (Phi) is 12.2. The lowest BCUT2D eigenvalue weighted by molar-refractivity contribution is -0.168. The van der Waals surface area contributed by atoms with Gasteiger partial charge in [-0.1, -0.05) is 5.16 Å². The number of fused-ring (bicyclic) bond motifs is 1. The van der Waals surface area contributed by atoms with E-state index in [0.717, 1.165) is 16.4 Å². The first-order valence-corrected chi connectivity index (χ1v) is 15.8. The Balaban J connectivity index is 1.55. The van der Waals surface area contributed by atoms with Crippen molar-refractivity contribution < 1.29 is 42.6 Å². The number of halogens is 1. The highest BCUT2D eigenvalue weighted by molar-refractivity contribution is 8.00. The van der Waals surface area contributed by atoms with Gasteiger partial charge in [0.15, 0.2) is 5.13 Å². The summed E-state index contributed by atoms with van der Waals surface area (Å²) >= 11 is 1.96. The summed E-state index contributed by atoms with van der Waals surface area (Å²) in [5.74, 6) is -2.69. The SMILES string of the molecule is CC(OC(=O)OCCN)OC(=O)C1=C(C=NN(C)C(=N)N2CCNCC2)CSC2C(NC(=O)C(=NOCF)c3nsc(N)n3)C(=O)N12. The maximum Gasteiger partial charge on any atom is 0.511 e. The molecule has 2 fully saturated rings. The largest absolute Gasteiger partial charge is 0.511 e. The molecule has 1 aromatic rings. The van der Waals surface area contributed by atoms with E-state index in [1.165, 1.54) is 29.9 Å². The number of nitrogens with two attached hydrogens (primary N) is 2. The first kappa shape index (κ1) is 35.2. The van der Waals surface area contributed by atoms with Crippen molar-refractivity contribution in [3.05, 3.63) is 17.1 Å². The zero-order valence-electron chi connectivity index (χ0n) is 25.2. The van der Waals surface area contributed by atoms with Crippen molar-refractivity contribution in [2.75, 3.05) is 64.7 Å². The number of nitrogens with zero attached hydrogens (tertiary/aromatic N) is 7. The van der Waals surface area contributed by atoms with E-state index in [2.05, 4.69) is 35.1 Å². The fraction of sp³-hybridized carbons (Fsp3) is 0.542. The fourth-order valence-electron chi connectivity index (χ4n) is 4.38. The second kappa shape index (κ2) is 16.3. The minimum absolute atomic E-state index is 0.0107. The maximum atomic E-state index is 13.5. The third-order valence-corrected chi connectivity index (χ3v) is 8.38. The quantitative estimate of drug-likeness (QED) is 0.0401. The van der Waals surface area contributed by atoms with Gasteiger partial charge in [-0.25, -0.2) is 19.0 Å². The van der Waals surface area contributed by atoms with E-state index in [9.17, 15) is 23.6 Å². The third-order valence-electron chi connectivity index (χ3n) is 6.53. The summed E-state index contributed by atoms with van der Waals surface area (Å²) in [6.07, 6.45) is -1.21. The van der Waals surface area contributed by atoms with Crippen LogP contribution in [0.15, 0.2) is 21.5 Å². The number of ether oxygens (including phenoxy) is 3. The molecule has 2 amide bonds. The van der Waals surface area contributed by atoms with Gasteiger partial charge < -0.3 is 46.0 Å². The molecule has 23 heteroatoms. The maximum absolute atomic E-state index is 13.5. The number of nitrogen functional groups attached to an aromatic ring is 1. The van der Waals surface area contributed by atoms with Crippen LogP contribution in [0.3, 0.4) is 0 Å². The molecule has 0 saturated carbocycles. The predicted octanol–water partition coefficient (Wildman–Crippen LogP) is -1.82. The number of thioether (sulfide) groups is 1. The minimum Gasteiger partial charge on any atom is -0.433 e. The van der Waals surface area contributed by atoms with Crippen LogP contribution in [0.1, 0.15) is 12.7 Å². The summed E-state index contributed by atoms with van der Waals surface area (Å²) in [6.45, 7) is 2.49. The molecule has 4 heterocycles. The summed E-state index contributed by atoms with van der Waals surface area (Å²) in [5.41, 5.74) is 10.4. The molecule has 3 aliphatic heterocycles. The molecule has 7 N–H and O–H groups in total. The summed E-state index contributed by atoms with van der Waals surface area (Å²) in [5, 5.41) is 22.4. The molecule has 256 valence electrons. The number of rotatable bonds is 12. The van der Waals surface area contributed by atoms with E-state index >= 15 is 0 Å². The number of carbonyl (C=O) groups is 4. The van der Waals surface area contributed by atoms with Crippen LogP contribution in [0.2, 0.25) is 0 Å². The number of piperazine rings is 1. The first-order chi connectivity index (χ1) is 22.5. The zero-order valence-corrected chi connectivity index (χ0v) is 26.8. The number of hydrazone groups is 1. The van der Waals surface area contributed by atoms with Gasteiger partial charge in [-0.05, 0) is 0 Å². The van der Waals surface area contributed by atoms with Crippen LogP contribution < -0.4 is 22.1 Å². The van der Waals surface area contributed by atoms with Gasteiger partial charge in [-0.15, -0.1) is 11.8 Å². The Morgan fingerprint density at radius 1 is 1.32 bits per heavy atom. The van der Waals surface area contributed by atoms with Gasteiger partial charge in [0.2, 0.25) is 23.8 Å². The van der Waals surface area contributed by atoms with E-state index in [1.54, 1.807) is 7.05 Å². The number of hydrogen-bond donors (Lipinski definition) is 5. The van der Waals surface area contributed by atoms with Crippen molar-refractivity contribution in [1.29, 1.82) is 5.41 Å². The average Bonchev–Trinajstić information content (AvgIpc) is 3.50. The van der Waals surface area contributed by atoms with Crippen molar-refractivity contribution in [3.8, 4) is 0 Å². The number of aromatic nitrogens is 2. The highest BCUT2D eigenvalue weighted by atomic mass is 32.2. The summed E-state index contributed by atoms with van der Waals surface area (Å²) in [7, 11) is 1.57. The molecule has 3 aliphatic rings. The highest BCUT2D eigenvalue weighted by Gasteiger charge is 2.55. The standard InChI is InChI=1S/C24H33FN12O8S2/c1-12(45-24(41)42-8-3-26)44-21(40)16-13(9-30-35(2)23(28)36-6-4-29-5-7-36)10-46-20-15(19(39)37(16)20)31-18(38)14(33-43-11-25)17-32-22(27)47-34-17/h9,12,15,20,28-29H,3-8,10-11,26H2,1-2H3,(H,31,38)(H2,27,32,34). The second-order valence-electron chi connectivity index (χ2n) is 9.68. The van der Waals surface area contributed by atoms with Crippen molar-refractivity contribution in [3.63, 3.8) is 0 Å². The van der Waals surface area contributed by atoms with Gasteiger partial charge in [-0.2, -0.15) is 14.5 Å². The van der Waals surface area contributed by atoms with Crippen LogP contribution >= 0.6 is 23.3 Å². The average molecular weight is 701 g/mol. The van der Waals surface area contributed by atoms with E-state index in [-0.39, 0.29) is 47.1 Å². The number of hydrogen-bond acceptors (Lipinski definition) is 18. The van der Waals surface area contributed by atoms with Gasteiger partial charge in [0, 0.05) is 69.6 Å². The molecule has 4 rings (SSSR count). The summed E-state index contributed by atoms with van der Waals surface area (Å²) in [6, 6.07) is -1.16. The molecular formula is C24H33FN12O8S2. The van der Waals surface area contributed by atoms with Crippen LogP contribution in [0.5, 0.6) is 0 Å². The van der Waals surface area contributed by atoms with E-state index in [1.807, 2.05) is 4.90 Å². The molecule has 20 nitrogen and oxygen atoms in total. The molecule has 3 atom stereocenters. The topological polar surface area (TPSA) is 265 Å². The molecule has 2 saturated heterocycles. The Hall–Kier alpha value is -4.61. The third kappa shape index (κ3) is 8.60. The normalized spacial score (nSPS) is 20.3. The number of alkyl halides is 1.